The fourth-order valence-electron chi connectivity index (χ4n) is 4.44. The zero-order valence-electron chi connectivity index (χ0n) is 19.4. The minimum Gasteiger partial charge on any atom is -0.340 e. The lowest BCUT2D eigenvalue weighted by molar-refractivity contribution is -0.132. The van der Waals surface area contributed by atoms with E-state index in [1.54, 1.807) is 24.3 Å². The van der Waals surface area contributed by atoms with Gasteiger partial charge in [0.15, 0.2) is 0 Å². The summed E-state index contributed by atoms with van der Waals surface area (Å²) >= 11 is 0. The van der Waals surface area contributed by atoms with E-state index in [0.29, 0.717) is 36.8 Å². The molecule has 3 amide bonds. The van der Waals surface area contributed by atoms with Crippen LogP contribution >= 0.6 is 0 Å². The van der Waals surface area contributed by atoms with Gasteiger partial charge in [-0.2, -0.15) is 0 Å². The molecule has 1 aromatic rings. The second-order valence-corrected chi connectivity index (χ2v) is 8.81. The molecule has 2 aliphatic rings. The molecule has 0 spiro atoms. The van der Waals surface area contributed by atoms with Gasteiger partial charge in [-0.1, -0.05) is 6.42 Å². The molecule has 176 valence electrons. The zero-order chi connectivity index (χ0) is 22.9. The molecule has 2 saturated heterocycles. The number of amides is 3. The SMILES string of the molecule is CC(=O)Nc1ccc(C(=O)N(CCC(=O)N2CCNCC2)CCN2CCCC[C@H]2C)cc1. The molecule has 8 heteroatoms. The quantitative estimate of drug-likeness (QED) is 0.640. The Morgan fingerprint density at radius 1 is 1.06 bits per heavy atom. The van der Waals surface area contributed by atoms with Crippen LogP contribution in [0.2, 0.25) is 0 Å². The number of piperazine rings is 1. The number of nitrogens with zero attached hydrogens (tertiary/aromatic N) is 3. The molecule has 2 aliphatic heterocycles. The Bertz CT molecular complexity index is 776. The second kappa shape index (κ2) is 12.0. The Balaban J connectivity index is 1.64. The topological polar surface area (TPSA) is 85.0 Å². The van der Waals surface area contributed by atoms with Crippen LogP contribution in [0.4, 0.5) is 5.69 Å². The minimum absolute atomic E-state index is 0.0721. The Labute approximate surface area is 191 Å². The molecule has 32 heavy (non-hydrogen) atoms. The summed E-state index contributed by atoms with van der Waals surface area (Å²) in [5.74, 6) is -0.110. The van der Waals surface area contributed by atoms with Crippen molar-refractivity contribution in [1.29, 1.82) is 0 Å². The monoisotopic (exact) mass is 443 g/mol. The number of piperidine rings is 1. The number of benzene rings is 1. The van der Waals surface area contributed by atoms with Crippen LogP contribution in [0.3, 0.4) is 0 Å². The van der Waals surface area contributed by atoms with Gasteiger partial charge in [0.1, 0.15) is 0 Å². The first-order chi connectivity index (χ1) is 15.4. The van der Waals surface area contributed by atoms with E-state index in [9.17, 15) is 14.4 Å². The molecular weight excluding hydrogens is 406 g/mol. The van der Waals surface area contributed by atoms with Crippen LogP contribution < -0.4 is 10.6 Å². The van der Waals surface area contributed by atoms with E-state index in [0.717, 1.165) is 39.3 Å². The molecule has 0 saturated carbocycles. The van der Waals surface area contributed by atoms with Gasteiger partial charge in [-0.25, -0.2) is 0 Å². The van der Waals surface area contributed by atoms with Crippen LogP contribution in [-0.4, -0.2) is 90.8 Å². The van der Waals surface area contributed by atoms with Crippen molar-refractivity contribution in [3.63, 3.8) is 0 Å². The van der Waals surface area contributed by atoms with Crippen LogP contribution in [0, 0.1) is 0 Å². The van der Waals surface area contributed by atoms with Crippen molar-refractivity contribution in [3.8, 4) is 0 Å². The van der Waals surface area contributed by atoms with Gasteiger partial charge in [0.05, 0.1) is 0 Å². The van der Waals surface area contributed by atoms with Crippen molar-refractivity contribution in [2.75, 3.05) is 57.7 Å². The van der Waals surface area contributed by atoms with Crippen LogP contribution in [-0.2, 0) is 9.59 Å². The largest absolute Gasteiger partial charge is 0.340 e. The highest BCUT2D eigenvalue weighted by molar-refractivity contribution is 5.95. The van der Waals surface area contributed by atoms with Gasteiger partial charge < -0.3 is 20.4 Å². The van der Waals surface area contributed by atoms with Gasteiger partial charge >= 0.3 is 0 Å². The maximum atomic E-state index is 13.3. The van der Waals surface area contributed by atoms with Crippen molar-refractivity contribution in [2.24, 2.45) is 0 Å². The van der Waals surface area contributed by atoms with Crippen molar-refractivity contribution in [1.82, 2.24) is 20.0 Å². The fraction of sp³-hybridized carbons (Fsp3) is 0.625. The summed E-state index contributed by atoms with van der Waals surface area (Å²) in [6.07, 6.45) is 4.00. The van der Waals surface area contributed by atoms with E-state index in [1.807, 2.05) is 9.80 Å². The highest BCUT2D eigenvalue weighted by Crippen LogP contribution is 2.17. The summed E-state index contributed by atoms with van der Waals surface area (Å²) in [7, 11) is 0. The number of carbonyl (C=O) groups excluding carboxylic acids is 3. The minimum atomic E-state index is -0.146. The van der Waals surface area contributed by atoms with Crippen LogP contribution in [0.15, 0.2) is 24.3 Å². The number of hydrogen-bond acceptors (Lipinski definition) is 5. The Morgan fingerprint density at radius 2 is 1.78 bits per heavy atom. The summed E-state index contributed by atoms with van der Waals surface area (Å²) in [5, 5.41) is 5.98. The molecule has 2 heterocycles. The molecule has 0 unspecified atom stereocenters. The van der Waals surface area contributed by atoms with E-state index >= 15 is 0 Å². The summed E-state index contributed by atoms with van der Waals surface area (Å²) in [5.41, 5.74) is 1.23. The average molecular weight is 444 g/mol. The highest BCUT2D eigenvalue weighted by atomic mass is 16.2. The normalized spacial score (nSPS) is 19.4. The number of hydrogen-bond donors (Lipinski definition) is 2. The van der Waals surface area contributed by atoms with Crippen LogP contribution in [0.5, 0.6) is 0 Å². The summed E-state index contributed by atoms with van der Waals surface area (Å²) < 4.78 is 0. The molecular formula is C24H37N5O3. The van der Waals surface area contributed by atoms with Crippen LogP contribution in [0.1, 0.15) is 49.9 Å². The molecule has 2 N–H and O–H groups in total. The average Bonchev–Trinajstić information content (AvgIpc) is 2.80. The molecule has 0 bridgehead atoms. The second-order valence-electron chi connectivity index (χ2n) is 8.81. The van der Waals surface area contributed by atoms with Crippen LogP contribution in [0.25, 0.3) is 0 Å². The Hall–Kier alpha value is -2.45. The smallest absolute Gasteiger partial charge is 0.253 e. The fourth-order valence-corrected chi connectivity index (χ4v) is 4.44. The maximum absolute atomic E-state index is 13.3. The maximum Gasteiger partial charge on any atom is 0.253 e. The summed E-state index contributed by atoms with van der Waals surface area (Å²) in [6, 6.07) is 7.49. The van der Waals surface area contributed by atoms with E-state index in [4.69, 9.17) is 0 Å². The van der Waals surface area contributed by atoms with Crippen molar-refractivity contribution < 1.29 is 14.4 Å². The highest BCUT2D eigenvalue weighted by Gasteiger charge is 2.23. The third kappa shape index (κ3) is 7.03. The van der Waals surface area contributed by atoms with Gasteiger partial charge in [0.25, 0.3) is 5.91 Å². The Morgan fingerprint density at radius 3 is 2.44 bits per heavy atom. The molecule has 0 aromatic heterocycles. The third-order valence-electron chi connectivity index (χ3n) is 6.40. The lowest BCUT2D eigenvalue weighted by Crippen LogP contribution is -2.48. The lowest BCUT2D eigenvalue weighted by Gasteiger charge is -2.35. The first-order valence-corrected chi connectivity index (χ1v) is 11.8. The number of rotatable bonds is 8. The molecule has 0 radical (unpaired) electrons. The van der Waals surface area contributed by atoms with E-state index in [2.05, 4.69) is 22.5 Å². The first kappa shape index (κ1) is 24.2. The molecule has 8 nitrogen and oxygen atoms in total. The molecule has 0 aliphatic carbocycles. The predicted molar refractivity (Wildman–Crippen MR) is 126 cm³/mol. The Kier molecular flexibility index (Phi) is 9.05. The number of nitrogens with one attached hydrogen (secondary N) is 2. The van der Waals surface area contributed by atoms with E-state index < -0.39 is 0 Å². The van der Waals surface area contributed by atoms with Gasteiger partial charge in [-0.15, -0.1) is 0 Å². The zero-order valence-corrected chi connectivity index (χ0v) is 19.4. The molecule has 1 aromatic carbocycles. The van der Waals surface area contributed by atoms with Gasteiger partial charge in [-0.05, 0) is 50.6 Å². The van der Waals surface area contributed by atoms with Gasteiger partial charge in [-0.3, -0.25) is 19.3 Å². The summed E-state index contributed by atoms with van der Waals surface area (Å²) in [6.45, 7) is 9.70. The number of likely N-dealkylation sites (tertiary alicyclic amines) is 1. The molecule has 1 atom stereocenters. The van der Waals surface area contributed by atoms with Crippen molar-refractivity contribution in [2.45, 2.75) is 45.6 Å². The first-order valence-electron chi connectivity index (χ1n) is 11.8. The number of anilines is 1. The predicted octanol–water partition coefficient (Wildman–Crippen LogP) is 1.78. The van der Waals surface area contributed by atoms with E-state index in [1.165, 1.54) is 26.2 Å². The van der Waals surface area contributed by atoms with E-state index in [-0.39, 0.29) is 17.7 Å². The van der Waals surface area contributed by atoms with Gasteiger partial charge in [0, 0.05) is 76.5 Å². The standard InChI is InChI=1S/C24H37N5O3/c1-19-5-3-4-13-27(19)17-18-29(14-10-23(31)28-15-11-25-12-16-28)24(32)21-6-8-22(9-7-21)26-20(2)30/h6-9,19,25H,3-5,10-18H2,1-2H3,(H,26,30)/t19-/m1/s1. The summed E-state index contributed by atoms with van der Waals surface area (Å²) in [4.78, 5) is 43.4. The number of carbonyl (C=O) groups is 3. The third-order valence-corrected chi connectivity index (χ3v) is 6.40. The van der Waals surface area contributed by atoms with Crippen molar-refractivity contribution >= 4 is 23.4 Å². The van der Waals surface area contributed by atoms with Crippen molar-refractivity contribution in [3.05, 3.63) is 29.8 Å². The molecule has 3 rings (SSSR count). The van der Waals surface area contributed by atoms with Gasteiger partial charge in [0.2, 0.25) is 11.8 Å². The lowest BCUT2D eigenvalue weighted by atomic mass is 10.0. The molecule has 2 fully saturated rings.